The Hall–Kier alpha value is -2.18. The van der Waals surface area contributed by atoms with Gasteiger partial charge in [-0.25, -0.2) is 0 Å². The molecule has 27 heavy (non-hydrogen) atoms. The summed E-state index contributed by atoms with van der Waals surface area (Å²) in [4.78, 5) is 12.8. The van der Waals surface area contributed by atoms with Gasteiger partial charge in [-0.2, -0.15) is 5.10 Å². The smallest absolute Gasteiger partial charge is 0.272 e. The third-order valence-electron chi connectivity index (χ3n) is 5.91. The Labute approximate surface area is 159 Å². The molecule has 0 unspecified atom stereocenters. The van der Waals surface area contributed by atoms with E-state index in [0.29, 0.717) is 25.0 Å². The molecule has 4 rings (SSSR count). The maximum Gasteiger partial charge on any atom is 0.272 e. The van der Waals surface area contributed by atoms with Gasteiger partial charge in [0.05, 0.1) is 23.5 Å². The van der Waals surface area contributed by atoms with Gasteiger partial charge in [-0.3, -0.25) is 9.89 Å². The number of carbonyl (C=O) groups excluding carboxylic acids is 1. The number of hydrogen-bond donors (Lipinski definition) is 3. The lowest BCUT2D eigenvalue weighted by molar-refractivity contribution is -0.00854. The molecule has 1 aromatic heterocycles. The van der Waals surface area contributed by atoms with Gasteiger partial charge in [0.1, 0.15) is 0 Å². The molecule has 1 saturated carbocycles. The van der Waals surface area contributed by atoms with Crippen molar-refractivity contribution in [1.82, 2.24) is 15.5 Å². The number of aliphatic hydroxyl groups is 1. The Morgan fingerprint density at radius 2 is 1.96 bits per heavy atom. The van der Waals surface area contributed by atoms with Gasteiger partial charge in [-0.05, 0) is 45.1 Å². The minimum Gasteiger partial charge on any atom is -0.385 e. The number of H-pyrrole nitrogens is 1. The molecule has 1 aliphatic carbocycles. The van der Waals surface area contributed by atoms with Crippen molar-refractivity contribution in [3.63, 3.8) is 0 Å². The second kappa shape index (κ2) is 7.09. The van der Waals surface area contributed by atoms with Crippen LogP contribution in [0.15, 0.2) is 30.3 Å². The SMILES string of the molecule is C[C@@H]1Cc2c(C(=O)NC3CCC(O)(c4ccccc4)CC3)n[nH]c2[C@H](C)O1. The topological polar surface area (TPSA) is 87.2 Å². The molecule has 0 saturated heterocycles. The third-order valence-corrected chi connectivity index (χ3v) is 5.91. The van der Waals surface area contributed by atoms with E-state index < -0.39 is 5.60 Å². The summed E-state index contributed by atoms with van der Waals surface area (Å²) in [6.07, 6.45) is 3.47. The van der Waals surface area contributed by atoms with Crippen LogP contribution in [-0.2, 0) is 16.8 Å². The van der Waals surface area contributed by atoms with Gasteiger partial charge < -0.3 is 15.2 Å². The first kappa shape index (κ1) is 18.2. The summed E-state index contributed by atoms with van der Waals surface area (Å²) in [7, 11) is 0. The van der Waals surface area contributed by atoms with Crippen molar-refractivity contribution in [2.24, 2.45) is 0 Å². The van der Waals surface area contributed by atoms with Crippen LogP contribution in [0.25, 0.3) is 0 Å². The monoisotopic (exact) mass is 369 g/mol. The number of benzene rings is 1. The molecule has 1 aliphatic heterocycles. The van der Waals surface area contributed by atoms with Gasteiger partial charge in [-0.1, -0.05) is 30.3 Å². The van der Waals surface area contributed by atoms with Gasteiger partial charge in [0.2, 0.25) is 0 Å². The van der Waals surface area contributed by atoms with E-state index in [1.807, 2.05) is 44.2 Å². The van der Waals surface area contributed by atoms with E-state index in [1.54, 1.807) is 0 Å². The van der Waals surface area contributed by atoms with Gasteiger partial charge in [-0.15, -0.1) is 0 Å². The third kappa shape index (κ3) is 3.51. The molecule has 6 heteroatoms. The van der Waals surface area contributed by atoms with Crippen LogP contribution in [0, 0.1) is 0 Å². The summed E-state index contributed by atoms with van der Waals surface area (Å²) in [6.45, 7) is 3.99. The number of fused-ring (bicyclic) bond motifs is 1. The van der Waals surface area contributed by atoms with Crippen LogP contribution in [0.5, 0.6) is 0 Å². The number of aromatic nitrogens is 2. The highest BCUT2D eigenvalue weighted by Gasteiger charge is 2.36. The zero-order valence-electron chi connectivity index (χ0n) is 15.9. The number of nitrogens with zero attached hydrogens (tertiary/aromatic N) is 1. The van der Waals surface area contributed by atoms with Crippen LogP contribution in [-0.4, -0.2) is 33.4 Å². The summed E-state index contributed by atoms with van der Waals surface area (Å²) in [5, 5.41) is 21.3. The Morgan fingerprint density at radius 3 is 2.67 bits per heavy atom. The molecule has 0 bridgehead atoms. The van der Waals surface area contributed by atoms with E-state index in [0.717, 1.165) is 29.7 Å². The lowest BCUT2D eigenvalue weighted by atomic mass is 9.78. The molecule has 2 heterocycles. The minimum absolute atomic E-state index is 0.0588. The molecule has 1 fully saturated rings. The number of nitrogens with one attached hydrogen (secondary N) is 2. The van der Waals surface area contributed by atoms with Gasteiger partial charge in [0.15, 0.2) is 5.69 Å². The van der Waals surface area contributed by atoms with Crippen LogP contribution in [0.2, 0.25) is 0 Å². The van der Waals surface area contributed by atoms with Crippen LogP contribution in [0.1, 0.15) is 72.9 Å². The molecule has 2 atom stereocenters. The first-order valence-electron chi connectivity index (χ1n) is 9.77. The number of ether oxygens (including phenoxy) is 1. The van der Waals surface area contributed by atoms with Crippen molar-refractivity contribution in [3.05, 3.63) is 52.8 Å². The quantitative estimate of drug-likeness (QED) is 0.776. The molecule has 0 spiro atoms. The van der Waals surface area contributed by atoms with Crippen LogP contribution >= 0.6 is 0 Å². The van der Waals surface area contributed by atoms with Gasteiger partial charge in [0.25, 0.3) is 5.91 Å². The molecule has 1 aromatic carbocycles. The molecular weight excluding hydrogens is 342 g/mol. The molecule has 0 radical (unpaired) electrons. The highest BCUT2D eigenvalue weighted by atomic mass is 16.5. The molecule has 144 valence electrons. The Kier molecular flexibility index (Phi) is 4.78. The van der Waals surface area contributed by atoms with Crippen molar-refractivity contribution >= 4 is 5.91 Å². The van der Waals surface area contributed by atoms with E-state index in [9.17, 15) is 9.90 Å². The first-order chi connectivity index (χ1) is 13.0. The lowest BCUT2D eigenvalue weighted by Gasteiger charge is -2.36. The standard InChI is InChI=1S/C21H27N3O3/c1-13-12-17-18(14(2)27-13)23-24-19(17)20(25)22-16-8-10-21(26,11-9-16)15-6-4-3-5-7-15/h3-7,13-14,16,26H,8-12H2,1-2H3,(H,22,25)(H,23,24)/t13-,14+,16?,21?/m1/s1. The predicted molar refractivity (Wildman–Crippen MR) is 101 cm³/mol. The summed E-state index contributed by atoms with van der Waals surface area (Å²) in [6, 6.07) is 9.86. The van der Waals surface area contributed by atoms with Crippen molar-refractivity contribution in [1.29, 1.82) is 0 Å². The fourth-order valence-electron chi connectivity index (χ4n) is 4.39. The lowest BCUT2D eigenvalue weighted by Crippen LogP contribution is -2.42. The van der Waals surface area contributed by atoms with Crippen LogP contribution in [0.4, 0.5) is 0 Å². The summed E-state index contributed by atoms with van der Waals surface area (Å²) in [5.74, 6) is -0.135. The van der Waals surface area contributed by atoms with E-state index in [1.165, 1.54) is 0 Å². The molecule has 2 aliphatic rings. The number of aromatic amines is 1. The average Bonchev–Trinajstić information content (AvgIpc) is 3.09. The number of hydrogen-bond acceptors (Lipinski definition) is 4. The Morgan fingerprint density at radius 1 is 1.26 bits per heavy atom. The van der Waals surface area contributed by atoms with Crippen molar-refractivity contribution in [2.75, 3.05) is 0 Å². The molecule has 2 aromatic rings. The molecule has 3 N–H and O–H groups in total. The largest absolute Gasteiger partial charge is 0.385 e. The van der Waals surface area contributed by atoms with E-state index in [-0.39, 0.29) is 24.2 Å². The average molecular weight is 369 g/mol. The maximum atomic E-state index is 12.8. The van der Waals surface area contributed by atoms with E-state index >= 15 is 0 Å². The summed E-state index contributed by atoms with van der Waals surface area (Å²) >= 11 is 0. The van der Waals surface area contributed by atoms with E-state index in [2.05, 4.69) is 15.5 Å². The second-order valence-corrected chi connectivity index (χ2v) is 7.90. The fourth-order valence-corrected chi connectivity index (χ4v) is 4.39. The Bertz CT molecular complexity index is 809. The molecular formula is C21H27N3O3. The predicted octanol–water partition coefficient (Wildman–Crippen LogP) is 2.99. The molecule has 6 nitrogen and oxygen atoms in total. The normalized spacial score (nSPS) is 30.6. The van der Waals surface area contributed by atoms with Crippen molar-refractivity contribution < 1.29 is 14.6 Å². The number of rotatable bonds is 3. The summed E-state index contributed by atoms with van der Waals surface area (Å²) < 4.78 is 5.79. The van der Waals surface area contributed by atoms with Crippen molar-refractivity contribution in [2.45, 2.75) is 69.8 Å². The number of carbonyl (C=O) groups is 1. The highest BCUT2D eigenvalue weighted by Crippen LogP contribution is 2.37. The van der Waals surface area contributed by atoms with Gasteiger partial charge in [0, 0.05) is 18.0 Å². The highest BCUT2D eigenvalue weighted by molar-refractivity contribution is 5.94. The Balaban J connectivity index is 1.41. The van der Waals surface area contributed by atoms with Crippen molar-refractivity contribution in [3.8, 4) is 0 Å². The zero-order valence-corrected chi connectivity index (χ0v) is 15.9. The van der Waals surface area contributed by atoms with Crippen LogP contribution < -0.4 is 5.32 Å². The molecule has 1 amide bonds. The van der Waals surface area contributed by atoms with E-state index in [4.69, 9.17) is 4.74 Å². The van der Waals surface area contributed by atoms with Crippen LogP contribution in [0.3, 0.4) is 0 Å². The maximum absolute atomic E-state index is 12.8. The van der Waals surface area contributed by atoms with Gasteiger partial charge >= 0.3 is 0 Å². The summed E-state index contributed by atoms with van der Waals surface area (Å²) in [5.41, 5.74) is 2.52. The minimum atomic E-state index is -0.795. The second-order valence-electron chi connectivity index (χ2n) is 7.90. The fraction of sp³-hybridized carbons (Fsp3) is 0.524. The first-order valence-corrected chi connectivity index (χ1v) is 9.77. The zero-order chi connectivity index (χ0) is 19.0. The number of amides is 1.